The van der Waals surface area contributed by atoms with Crippen LogP contribution in [0.5, 0.6) is 0 Å². The molecular weight excluding hydrogens is 336 g/mol. The van der Waals surface area contributed by atoms with E-state index < -0.39 is 0 Å². The monoisotopic (exact) mass is 344 g/mol. The third-order valence-electron chi connectivity index (χ3n) is 2.88. The first-order valence-electron chi connectivity index (χ1n) is 6.09. The fourth-order valence-corrected chi connectivity index (χ4v) is 2.61. The Bertz CT molecular complexity index is 744. The van der Waals surface area contributed by atoms with Crippen molar-refractivity contribution in [2.45, 2.75) is 0 Å². The number of hydrogen-bond donors (Lipinski definition) is 0. The predicted molar refractivity (Wildman–Crippen MR) is 85.6 cm³/mol. The molecule has 98 valence electrons. The van der Waals surface area contributed by atoms with Gasteiger partial charge in [0, 0.05) is 21.7 Å². The van der Waals surface area contributed by atoms with Gasteiger partial charge in [-0.25, -0.2) is 9.97 Å². The highest BCUT2D eigenvalue weighted by atomic mass is 79.9. The molecule has 0 amide bonds. The summed E-state index contributed by atoms with van der Waals surface area (Å²) in [6.45, 7) is 0. The van der Waals surface area contributed by atoms with E-state index in [4.69, 9.17) is 11.6 Å². The second-order valence-electron chi connectivity index (χ2n) is 4.25. The van der Waals surface area contributed by atoms with E-state index in [-0.39, 0.29) is 0 Å². The van der Waals surface area contributed by atoms with Crippen molar-refractivity contribution in [1.82, 2.24) is 9.97 Å². The first kappa shape index (κ1) is 13.3. The smallest absolute Gasteiger partial charge is 0.161 e. The second-order valence-corrected chi connectivity index (χ2v) is 5.49. The van der Waals surface area contributed by atoms with Crippen LogP contribution in [0, 0.1) is 0 Å². The van der Waals surface area contributed by atoms with Crippen molar-refractivity contribution >= 4 is 27.5 Å². The van der Waals surface area contributed by atoms with E-state index in [1.165, 1.54) is 0 Å². The highest BCUT2D eigenvalue weighted by Crippen LogP contribution is 2.29. The van der Waals surface area contributed by atoms with Gasteiger partial charge in [-0.15, -0.1) is 0 Å². The first-order chi connectivity index (χ1) is 9.74. The SMILES string of the molecule is Clc1cc(-c2ccccc2Br)nc(-c2ccccc2)n1. The van der Waals surface area contributed by atoms with Crippen LogP contribution in [0.3, 0.4) is 0 Å². The van der Waals surface area contributed by atoms with Gasteiger partial charge >= 0.3 is 0 Å². The molecule has 0 saturated heterocycles. The highest BCUT2D eigenvalue weighted by Gasteiger charge is 2.09. The van der Waals surface area contributed by atoms with Crippen molar-refractivity contribution in [3.8, 4) is 22.6 Å². The van der Waals surface area contributed by atoms with Crippen molar-refractivity contribution in [2.75, 3.05) is 0 Å². The Hall–Kier alpha value is -1.71. The topological polar surface area (TPSA) is 25.8 Å². The van der Waals surface area contributed by atoms with Gasteiger partial charge in [-0.2, -0.15) is 0 Å². The minimum Gasteiger partial charge on any atom is -0.228 e. The Morgan fingerprint density at radius 3 is 2.30 bits per heavy atom. The van der Waals surface area contributed by atoms with Gasteiger partial charge in [-0.3, -0.25) is 0 Å². The molecule has 0 saturated carbocycles. The van der Waals surface area contributed by atoms with Crippen LogP contribution < -0.4 is 0 Å². The zero-order valence-corrected chi connectivity index (χ0v) is 12.8. The van der Waals surface area contributed by atoms with Gasteiger partial charge in [0.15, 0.2) is 5.82 Å². The molecule has 0 bridgehead atoms. The molecule has 0 aliphatic carbocycles. The molecule has 1 heterocycles. The molecule has 1 aromatic heterocycles. The van der Waals surface area contributed by atoms with Crippen LogP contribution in [0.15, 0.2) is 65.1 Å². The summed E-state index contributed by atoms with van der Waals surface area (Å²) >= 11 is 9.67. The van der Waals surface area contributed by atoms with Crippen molar-refractivity contribution < 1.29 is 0 Å². The van der Waals surface area contributed by atoms with Crippen molar-refractivity contribution in [3.63, 3.8) is 0 Å². The van der Waals surface area contributed by atoms with Gasteiger partial charge in [0.2, 0.25) is 0 Å². The molecule has 0 N–H and O–H groups in total. The lowest BCUT2D eigenvalue weighted by molar-refractivity contribution is 1.18. The summed E-state index contributed by atoms with van der Waals surface area (Å²) in [5, 5.41) is 0.435. The lowest BCUT2D eigenvalue weighted by Gasteiger charge is -2.07. The largest absolute Gasteiger partial charge is 0.228 e. The van der Waals surface area contributed by atoms with E-state index in [2.05, 4.69) is 25.9 Å². The van der Waals surface area contributed by atoms with E-state index in [1.807, 2.05) is 54.6 Å². The molecule has 4 heteroatoms. The maximum absolute atomic E-state index is 6.14. The summed E-state index contributed by atoms with van der Waals surface area (Å²) in [4.78, 5) is 8.91. The van der Waals surface area contributed by atoms with Gasteiger partial charge < -0.3 is 0 Å². The minimum atomic E-state index is 0.435. The summed E-state index contributed by atoms with van der Waals surface area (Å²) in [7, 11) is 0. The Labute approximate surface area is 130 Å². The third-order valence-corrected chi connectivity index (χ3v) is 3.76. The Morgan fingerprint density at radius 1 is 0.850 bits per heavy atom. The molecule has 0 aliphatic rings. The van der Waals surface area contributed by atoms with Gasteiger partial charge in [-0.05, 0) is 6.07 Å². The maximum Gasteiger partial charge on any atom is 0.161 e. The molecule has 0 aliphatic heterocycles. The minimum absolute atomic E-state index is 0.435. The standard InChI is InChI=1S/C16H10BrClN2/c17-13-9-5-4-8-12(13)14-10-15(18)20-16(19-14)11-6-2-1-3-7-11/h1-10H. The predicted octanol–water partition coefficient (Wildman–Crippen LogP) is 5.23. The van der Waals surface area contributed by atoms with E-state index >= 15 is 0 Å². The number of nitrogens with zero attached hydrogens (tertiary/aromatic N) is 2. The Balaban J connectivity index is 2.15. The number of aromatic nitrogens is 2. The van der Waals surface area contributed by atoms with Crippen molar-refractivity contribution in [2.24, 2.45) is 0 Å². The van der Waals surface area contributed by atoms with Gasteiger partial charge in [0.1, 0.15) is 5.15 Å². The fourth-order valence-electron chi connectivity index (χ4n) is 1.94. The van der Waals surface area contributed by atoms with Gasteiger partial charge in [-0.1, -0.05) is 76.1 Å². The normalized spacial score (nSPS) is 10.5. The lowest BCUT2D eigenvalue weighted by atomic mass is 10.1. The van der Waals surface area contributed by atoms with Crippen LogP contribution in [0.2, 0.25) is 5.15 Å². The molecule has 2 nitrogen and oxygen atoms in total. The summed E-state index contributed by atoms with van der Waals surface area (Å²) in [5.41, 5.74) is 2.74. The molecule has 0 atom stereocenters. The second kappa shape index (κ2) is 5.73. The zero-order valence-electron chi connectivity index (χ0n) is 10.4. The first-order valence-corrected chi connectivity index (χ1v) is 7.26. The molecular formula is C16H10BrClN2. The zero-order chi connectivity index (χ0) is 13.9. The average Bonchev–Trinajstić information content (AvgIpc) is 2.48. The molecule has 2 aromatic carbocycles. The molecule has 3 aromatic rings. The van der Waals surface area contributed by atoms with Gasteiger partial charge in [0.25, 0.3) is 0 Å². The molecule has 0 fully saturated rings. The fraction of sp³-hybridized carbons (Fsp3) is 0. The summed E-state index contributed by atoms with van der Waals surface area (Å²) < 4.78 is 0.980. The van der Waals surface area contributed by atoms with Crippen LogP contribution in [0.1, 0.15) is 0 Å². The number of rotatable bonds is 2. The van der Waals surface area contributed by atoms with E-state index in [0.29, 0.717) is 11.0 Å². The maximum atomic E-state index is 6.14. The Morgan fingerprint density at radius 2 is 1.55 bits per heavy atom. The van der Waals surface area contributed by atoms with E-state index in [1.54, 1.807) is 6.07 Å². The third kappa shape index (κ3) is 2.74. The summed E-state index contributed by atoms with van der Waals surface area (Å²) in [6, 6.07) is 19.5. The van der Waals surface area contributed by atoms with Gasteiger partial charge in [0.05, 0.1) is 5.69 Å². The number of hydrogen-bond acceptors (Lipinski definition) is 2. The van der Waals surface area contributed by atoms with Crippen LogP contribution in [-0.4, -0.2) is 9.97 Å². The van der Waals surface area contributed by atoms with Crippen molar-refractivity contribution in [3.05, 3.63) is 70.3 Å². The Kier molecular flexibility index (Phi) is 3.81. The van der Waals surface area contributed by atoms with Crippen LogP contribution >= 0.6 is 27.5 Å². The lowest BCUT2D eigenvalue weighted by Crippen LogP contribution is -1.93. The number of benzene rings is 2. The number of halogens is 2. The van der Waals surface area contributed by atoms with E-state index in [9.17, 15) is 0 Å². The van der Waals surface area contributed by atoms with Crippen LogP contribution in [0.25, 0.3) is 22.6 Å². The van der Waals surface area contributed by atoms with E-state index in [0.717, 1.165) is 21.3 Å². The average molecular weight is 346 g/mol. The highest BCUT2D eigenvalue weighted by molar-refractivity contribution is 9.10. The molecule has 0 spiro atoms. The summed E-state index contributed by atoms with van der Waals surface area (Å²) in [6.07, 6.45) is 0. The molecule has 0 unspecified atom stereocenters. The van der Waals surface area contributed by atoms with Crippen LogP contribution in [-0.2, 0) is 0 Å². The summed E-state index contributed by atoms with van der Waals surface area (Å²) in [5.74, 6) is 0.629. The van der Waals surface area contributed by atoms with Crippen LogP contribution in [0.4, 0.5) is 0 Å². The van der Waals surface area contributed by atoms with Crippen molar-refractivity contribution in [1.29, 1.82) is 0 Å². The molecule has 3 rings (SSSR count). The molecule has 0 radical (unpaired) electrons. The quantitative estimate of drug-likeness (QED) is 0.595. The molecule has 20 heavy (non-hydrogen) atoms.